The minimum absolute atomic E-state index is 0.0253. The number of benzene rings is 2. The van der Waals surface area contributed by atoms with Gasteiger partial charge in [-0.2, -0.15) is 13.2 Å². The molecule has 1 fully saturated rings. The summed E-state index contributed by atoms with van der Waals surface area (Å²) < 4.78 is 51.9. The molecule has 0 aliphatic carbocycles. The third-order valence-corrected chi connectivity index (χ3v) is 5.41. The van der Waals surface area contributed by atoms with Gasteiger partial charge in [-0.3, -0.25) is 14.5 Å². The highest BCUT2D eigenvalue weighted by Gasteiger charge is 2.31. The maximum absolute atomic E-state index is 13.9. The van der Waals surface area contributed by atoms with Crippen molar-refractivity contribution in [2.24, 2.45) is 0 Å². The molecule has 0 bridgehead atoms. The number of nitrogens with one attached hydrogen (secondary N) is 1. The van der Waals surface area contributed by atoms with Gasteiger partial charge in [0.15, 0.2) is 0 Å². The molecule has 10 heteroatoms. The average molecular weight is 458 g/mol. The van der Waals surface area contributed by atoms with Gasteiger partial charge in [-0.05, 0) is 49.4 Å². The maximum Gasteiger partial charge on any atom is 0.416 e. The Morgan fingerprint density at radius 2 is 1.65 bits per heavy atom. The Morgan fingerprint density at radius 3 is 2.19 bits per heavy atom. The monoisotopic (exact) mass is 457 g/mol. The fraction of sp³-hybridized carbons (Fsp3) is 0.333. The van der Waals surface area contributed by atoms with Crippen molar-refractivity contribution < 1.29 is 27.2 Å². The number of hydrogen-bond donors (Lipinski definition) is 1. The van der Waals surface area contributed by atoms with E-state index in [1.807, 2.05) is 4.90 Å². The summed E-state index contributed by atoms with van der Waals surface area (Å²) in [6.07, 6.45) is -4.46. The lowest BCUT2D eigenvalue weighted by molar-refractivity contribution is -0.137. The Labute approximate surface area is 181 Å². The van der Waals surface area contributed by atoms with Crippen molar-refractivity contribution >= 4 is 29.1 Å². The van der Waals surface area contributed by atoms with E-state index < -0.39 is 29.5 Å². The van der Waals surface area contributed by atoms with Crippen LogP contribution in [-0.2, 0) is 11.0 Å². The van der Waals surface area contributed by atoms with Gasteiger partial charge in [-0.25, -0.2) is 4.39 Å². The van der Waals surface area contributed by atoms with Crippen LogP contribution in [-0.4, -0.2) is 53.8 Å². The molecule has 1 atom stereocenters. The van der Waals surface area contributed by atoms with E-state index in [4.69, 9.17) is 11.6 Å². The summed E-state index contributed by atoms with van der Waals surface area (Å²) in [6.45, 7) is 3.09. The van der Waals surface area contributed by atoms with Crippen LogP contribution in [0.25, 0.3) is 0 Å². The zero-order valence-corrected chi connectivity index (χ0v) is 17.3. The number of nitrogens with zero attached hydrogens (tertiary/aromatic N) is 2. The highest BCUT2D eigenvalue weighted by Crippen LogP contribution is 2.29. The van der Waals surface area contributed by atoms with Crippen LogP contribution < -0.4 is 5.32 Å². The standard InChI is InChI=1S/C21H20ClF4N3O2/c1-13(19(30)27-18-7-6-16(22)12-17(18)23)28-8-10-29(11-9-28)20(31)14-2-4-15(5-3-14)21(24,25)26/h2-7,12-13H,8-11H2,1H3,(H,27,30). The molecule has 2 aromatic rings. The van der Waals surface area contributed by atoms with Crippen molar-refractivity contribution in [3.63, 3.8) is 0 Å². The zero-order chi connectivity index (χ0) is 22.8. The van der Waals surface area contributed by atoms with E-state index in [9.17, 15) is 27.2 Å². The normalized spacial score (nSPS) is 16.1. The molecular weight excluding hydrogens is 438 g/mol. The Bertz CT molecular complexity index is 958. The Hall–Kier alpha value is -2.65. The van der Waals surface area contributed by atoms with Crippen LogP contribution in [0.3, 0.4) is 0 Å². The van der Waals surface area contributed by atoms with Gasteiger partial charge in [0.05, 0.1) is 17.3 Å². The Kier molecular flexibility index (Phi) is 6.86. The van der Waals surface area contributed by atoms with Gasteiger partial charge in [0.2, 0.25) is 5.91 Å². The molecule has 2 aromatic carbocycles. The van der Waals surface area contributed by atoms with Crippen LogP contribution in [0, 0.1) is 5.82 Å². The lowest BCUT2D eigenvalue weighted by atomic mass is 10.1. The second-order valence-corrected chi connectivity index (χ2v) is 7.63. The molecule has 0 spiro atoms. The van der Waals surface area contributed by atoms with Crippen LogP contribution in [0.15, 0.2) is 42.5 Å². The van der Waals surface area contributed by atoms with E-state index >= 15 is 0 Å². The van der Waals surface area contributed by atoms with E-state index in [1.165, 1.54) is 17.0 Å². The predicted octanol–water partition coefficient (Wildman–Crippen LogP) is 4.28. The first-order chi connectivity index (χ1) is 14.6. The molecule has 0 aromatic heterocycles. The first-order valence-electron chi connectivity index (χ1n) is 9.53. The fourth-order valence-electron chi connectivity index (χ4n) is 3.29. The number of hydrogen-bond acceptors (Lipinski definition) is 3. The molecule has 166 valence electrons. The van der Waals surface area contributed by atoms with Crippen LogP contribution >= 0.6 is 11.6 Å². The van der Waals surface area contributed by atoms with E-state index in [2.05, 4.69) is 5.32 Å². The van der Waals surface area contributed by atoms with Crippen molar-refractivity contribution in [1.82, 2.24) is 9.80 Å². The first-order valence-corrected chi connectivity index (χ1v) is 9.90. The molecule has 3 rings (SSSR count). The summed E-state index contributed by atoms with van der Waals surface area (Å²) in [5.74, 6) is -1.41. The van der Waals surface area contributed by atoms with Crippen LogP contribution in [0.2, 0.25) is 5.02 Å². The van der Waals surface area contributed by atoms with Crippen molar-refractivity contribution in [1.29, 1.82) is 0 Å². The van der Waals surface area contributed by atoms with E-state index in [0.717, 1.165) is 30.3 Å². The summed E-state index contributed by atoms with van der Waals surface area (Å²) in [7, 11) is 0. The van der Waals surface area contributed by atoms with Crippen molar-refractivity contribution in [3.05, 3.63) is 64.4 Å². The lowest BCUT2D eigenvalue weighted by Crippen LogP contribution is -2.54. The smallest absolute Gasteiger partial charge is 0.336 e. The minimum atomic E-state index is -4.46. The lowest BCUT2D eigenvalue weighted by Gasteiger charge is -2.37. The summed E-state index contributed by atoms with van der Waals surface area (Å²) in [5.41, 5.74) is -0.617. The number of anilines is 1. The van der Waals surface area contributed by atoms with Gasteiger partial charge in [-0.1, -0.05) is 11.6 Å². The van der Waals surface area contributed by atoms with Crippen molar-refractivity contribution in [2.75, 3.05) is 31.5 Å². The molecule has 1 unspecified atom stereocenters. The van der Waals surface area contributed by atoms with E-state index in [1.54, 1.807) is 6.92 Å². The number of piperazine rings is 1. The molecule has 5 nitrogen and oxygen atoms in total. The fourth-order valence-corrected chi connectivity index (χ4v) is 3.45. The molecule has 0 radical (unpaired) electrons. The molecule has 31 heavy (non-hydrogen) atoms. The maximum atomic E-state index is 13.9. The van der Waals surface area contributed by atoms with E-state index in [0.29, 0.717) is 26.2 Å². The van der Waals surface area contributed by atoms with Gasteiger partial charge < -0.3 is 10.2 Å². The first kappa shape index (κ1) is 23.0. The minimum Gasteiger partial charge on any atom is -0.336 e. The second-order valence-electron chi connectivity index (χ2n) is 7.19. The van der Waals surface area contributed by atoms with Crippen molar-refractivity contribution in [3.8, 4) is 0 Å². The number of rotatable bonds is 4. The summed E-state index contributed by atoms with van der Waals surface area (Å²) in [6, 6.07) is 7.46. The predicted molar refractivity (Wildman–Crippen MR) is 108 cm³/mol. The highest BCUT2D eigenvalue weighted by atomic mass is 35.5. The molecule has 1 saturated heterocycles. The molecular formula is C21H20ClF4N3O2. The average Bonchev–Trinajstić information content (AvgIpc) is 2.74. The summed E-state index contributed by atoms with van der Waals surface area (Å²) in [5, 5.41) is 2.74. The molecule has 1 N–H and O–H groups in total. The van der Waals surface area contributed by atoms with Gasteiger partial charge >= 0.3 is 6.18 Å². The molecule has 1 aliphatic heterocycles. The number of carbonyl (C=O) groups excluding carboxylic acids is 2. The zero-order valence-electron chi connectivity index (χ0n) is 16.5. The largest absolute Gasteiger partial charge is 0.416 e. The third kappa shape index (κ3) is 5.54. The molecule has 1 aliphatic rings. The van der Waals surface area contributed by atoms with Crippen LogP contribution in [0.1, 0.15) is 22.8 Å². The topological polar surface area (TPSA) is 52.7 Å². The highest BCUT2D eigenvalue weighted by molar-refractivity contribution is 6.30. The van der Waals surface area contributed by atoms with Crippen molar-refractivity contribution in [2.45, 2.75) is 19.1 Å². The van der Waals surface area contributed by atoms with Gasteiger partial charge in [0.25, 0.3) is 5.91 Å². The number of alkyl halides is 3. The second kappa shape index (κ2) is 9.23. The molecule has 2 amide bonds. The van der Waals surface area contributed by atoms with Gasteiger partial charge in [0.1, 0.15) is 5.82 Å². The van der Waals surface area contributed by atoms with Gasteiger partial charge in [0, 0.05) is 36.8 Å². The molecule has 0 saturated carbocycles. The van der Waals surface area contributed by atoms with E-state index in [-0.39, 0.29) is 22.2 Å². The third-order valence-electron chi connectivity index (χ3n) is 5.18. The quantitative estimate of drug-likeness (QED) is 0.697. The summed E-state index contributed by atoms with van der Waals surface area (Å²) in [4.78, 5) is 28.4. The van der Waals surface area contributed by atoms with Gasteiger partial charge in [-0.15, -0.1) is 0 Å². The van der Waals surface area contributed by atoms with Crippen LogP contribution in [0.4, 0.5) is 23.2 Å². The Balaban J connectivity index is 1.55. The SMILES string of the molecule is CC(C(=O)Nc1ccc(Cl)cc1F)N1CCN(C(=O)c2ccc(C(F)(F)F)cc2)CC1. The number of amides is 2. The van der Waals surface area contributed by atoms with Crippen LogP contribution in [0.5, 0.6) is 0 Å². The summed E-state index contributed by atoms with van der Waals surface area (Å²) >= 11 is 5.71. The number of halogens is 5. The Morgan fingerprint density at radius 1 is 1.03 bits per heavy atom. The number of carbonyl (C=O) groups is 2. The molecule has 1 heterocycles.